The fourth-order valence-electron chi connectivity index (χ4n) is 1.49. The number of aliphatic imine (C=N–C) groups is 1. The predicted octanol–water partition coefficient (Wildman–Crippen LogP) is 3.52. The average Bonchev–Trinajstić information content (AvgIpc) is 2.44. The third kappa shape index (κ3) is 6.20. The molecule has 0 fully saturated rings. The van der Waals surface area contributed by atoms with Crippen LogP contribution in [0, 0.1) is 0 Å². The average molecular weight is 367 g/mol. The van der Waals surface area contributed by atoms with Gasteiger partial charge in [0.15, 0.2) is 5.70 Å². The Morgan fingerprint density at radius 2 is 1.84 bits per heavy atom. The topological polar surface area (TPSA) is 87.7 Å². The van der Waals surface area contributed by atoms with Crippen molar-refractivity contribution in [2.75, 3.05) is 5.32 Å². The number of hydrogen-bond acceptors (Lipinski definition) is 3. The molecule has 4 N–H and O–H groups in total. The number of anilines is 1. The van der Waals surface area contributed by atoms with Crippen molar-refractivity contribution in [1.29, 1.82) is 0 Å². The summed E-state index contributed by atoms with van der Waals surface area (Å²) in [6, 6.07) is 3.83. The molecule has 0 aliphatic heterocycles. The third-order valence-electron chi connectivity index (χ3n) is 2.56. The Morgan fingerprint density at radius 3 is 2.32 bits per heavy atom. The van der Waals surface area contributed by atoms with Gasteiger partial charge in [0, 0.05) is 11.4 Å². The first-order chi connectivity index (χ1) is 11.3. The van der Waals surface area contributed by atoms with E-state index < -0.39 is 35.4 Å². The number of carboxylic acids is 1. The molecule has 0 aromatic heterocycles. The van der Waals surface area contributed by atoms with Crippen LogP contribution in [0.5, 0.6) is 0 Å². The predicted molar refractivity (Wildman–Crippen MR) is 77.6 cm³/mol. The van der Waals surface area contributed by atoms with Gasteiger partial charge in [-0.1, -0.05) is 12.6 Å². The SMILES string of the molecule is C=C(/C=C(\N=C(N)C(F)(F)F)C(=O)O)Nc1cccc(C(F)(F)F)c1. The Labute approximate surface area is 137 Å². The minimum atomic E-state index is -5.04. The summed E-state index contributed by atoms with van der Waals surface area (Å²) in [4.78, 5) is 13.7. The smallest absolute Gasteiger partial charge is 0.448 e. The van der Waals surface area contributed by atoms with Gasteiger partial charge in [-0.15, -0.1) is 0 Å². The minimum absolute atomic E-state index is 0.103. The maximum absolute atomic E-state index is 12.6. The highest BCUT2D eigenvalue weighted by molar-refractivity contribution is 5.94. The van der Waals surface area contributed by atoms with Crippen molar-refractivity contribution >= 4 is 17.5 Å². The molecule has 0 saturated heterocycles. The molecule has 0 heterocycles. The molecule has 1 rings (SSSR count). The highest BCUT2D eigenvalue weighted by Crippen LogP contribution is 2.31. The van der Waals surface area contributed by atoms with E-state index >= 15 is 0 Å². The van der Waals surface area contributed by atoms with Crippen molar-refractivity contribution in [1.82, 2.24) is 0 Å². The van der Waals surface area contributed by atoms with Crippen molar-refractivity contribution in [2.24, 2.45) is 10.7 Å². The summed E-state index contributed by atoms with van der Waals surface area (Å²) in [7, 11) is 0. The summed E-state index contributed by atoms with van der Waals surface area (Å²) in [5.41, 5.74) is 2.14. The number of carboxylic acid groups (broad SMARTS) is 1. The van der Waals surface area contributed by atoms with Gasteiger partial charge in [0.25, 0.3) is 0 Å². The lowest BCUT2D eigenvalue weighted by Gasteiger charge is -2.11. The van der Waals surface area contributed by atoms with Crippen molar-refractivity contribution in [3.8, 4) is 0 Å². The summed E-state index contributed by atoms with van der Waals surface area (Å²) in [5.74, 6) is -3.73. The zero-order valence-electron chi connectivity index (χ0n) is 12.2. The van der Waals surface area contributed by atoms with E-state index in [9.17, 15) is 31.1 Å². The van der Waals surface area contributed by atoms with E-state index in [2.05, 4.69) is 22.6 Å². The maximum Gasteiger partial charge on any atom is 0.448 e. The number of nitrogens with one attached hydrogen (secondary N) is 1. The second-order valence-corrected chi connectivity index (χ2v) is 4.56. The minimum Gasteiger partial charge on any atom is -0.477 e. The molecule has 0 bridgehead atoms. The van der Waals surface area contributed by atoms with Crippen LogP contribution in [0.25, 0.3) is 0 Å². The lowest BCUT2D eigenvalue weighted by Crippen LogP contribution is -2.31. The number of amidine groups is 1. The molecule has 1 aromatic carbocycles. The van der Waals surface area contributed by atoms with E-state index in [0.717, 1.165) is 12.1 Å². The lowest BCUT2D eigenvalue weighted by molar-refractivity contribution is -0.137. The number of halogens is 6. The van der Waals surface area contributed by atoms with Crippen molar-refractivity contribution in [3.05, 3.63) is 53.9 Å². The van der Waals surface area contributed by atoms with Crippen LogP contribution < -0.4 is 11.1 Å². The number of alkyl halides is 6. The second-order valence-electron chi connectivity index (χ2n) is 4.56. The molecule has 11 heteroatoms. The number of carbonyl (C=O) groups is 1. The van der Waals surface area contributed by atoms with Crippen LogP contribution in [-0.4, -0.2) is 23.1 Å². The molecule has 0 amide bonds. The molecule has 25 heavy (non-hydrogen) atoms. The summed E-state index contributed by atoms with van der Waals surface area (Å²) in [6.45, 7) is 3.31. The molecule has 0 aliphatic carbocycles. The Hall–Kier alpha value is -2.98. The molecule has 1 aromatic rings. The Morgan fingerprint density at radius 1 is 1.24 bits per heavy atom. The number of allylic oxidation sites excluding steroid dienone is 1. The zero-order chi connectivity index (χ0) is 19.4. The fourth-order valence-corrected chi connectivity index (χ4v) is 1.49. The molecule has 5 nitrogen and oxygen atoms in total. The summed E-state index contributed by atoms with van der Waals surface area (Å²) in [5, 5.41) is 11.2. The van der Waals surface area contributed by atoms with Crippen LogP contribution in [0.1, 0.15) is 5.56 Å². The highest BCUT2D eigenvalue weighted by Gasteiger charge is 2.34. The van der Waals surface area contributed by atoms with E-state index in [1.54, 1.807) is 0 Å². The van der Waals surface area contributed by atoms with Gasteiger partial charge in [0.1, 0.15) is 0 Å². The van der Waals surface area contributed by atoms with E-state index in [1.165, 1.54) is 6.07 Å². The van der Waals surface area contributed by atoms with Gasteiger partial charge < -0.3 is 16.2 Å². The lowest BCUT2D eigenvalue weighted by atomic mass is 10.2. The molecule has 0 radical (unpaired) electrons. The number of nitrogens with two attached hydrogens (primary N) is 1. The van der Waals surface area contributed by atoms with E-state index in [0.29, 0.717) is 12.1 Å². The van der Waals surface area contributed by atoms with E-state index in [1.807, 2.05) is 0 Å². The Balaban J connectivity index is 3.06. The summed E-state index contributed by atoms with van der Waals surface area (Å²) in [6.07, 6.45) is -9.04. The highest BCUT2D eigenvalue weighted by atomic mass is 19.4. The monoisotopic (exact) mass is 367 g/mol. The Kier molecular flexibility index (Phi) is 5.84. The molecule has 0 aliphatic rings. The number of nitrogens with zero attached hydrogens (tertiary/aromatic N) is 1. The van der Waals surface area contributed by atoms with Crippen molar-refractivity contribution in [3.63, 3.8) is 0 Å². The first-order valence-corrected chi connectivity index (χ1v) is 6.30. The van der Waals surface area contributed by atoms with Gasteiger partial charge in [-0.2, -0.15) is 26.3 Å². The molecular formula is C14H11F6N3O2. The van der Waals surface area contributed by atoms with Crippen LogP contribution in [0.3, 0.4) is 0 Å². The van der Waals surface area contributed by atoms with E-state index in [-0.39, 0.29) is 11.4 Å². The molecule has 0 atom stereocenters. The van der Waals surface area contributed by atoms with Gasteiger partial charge in [-0.05, 0) is 24.3 Å². The van der Waals surface area contributed by atoms with Crippen LogP contribution in [0.4, 0.5) is 32.0 Å². The van der Waals surface area contributed by atoms with Crippen molar-refractivity contribution in [2.45, 2.75) is 12.4 Å². The molecule has 0 spiro atoms. The van der Waals surface area contributed by atoms with Gasteiger partial charge in [0.2, 0.25) is 5.84 Å². The quantitative estimate of drug-likeness (QED) is 0.244. The fraction of sp³-hybridized carbons (Fsp3) is 0.143. The first kappa shape index (κ1) is 20.1. The van der Waals surface area contributed by atoms with Gasteiger partial charge >= 0.3 is 18.3 Å². The molecular weight excluding hydrogens is 356 g/mol. The van der Waals surface area contributed by atoms with Crippen LogP contribution in [0.15, 0.2) is 53.3 Å². The number of aliphatic carboxylic acids is 1. The summed E-state index contributed by atoms with van der Waals surface area (Å²) < 4.78 is 74.7. The van der Waals surface area contributed by atoms with Crippen LogP contribution in [0.2, 0.25) is 0 Å². The van der Waals surface area contributed by atoms with Gasteiger partial charge in [-0.3, -0.25) is 0 Å². The Bertz CT molecular complexity index is 735. The number of hydrogen-bond donors (Lipinski definition) is 3. The number of rotatable bonds is 5. The maximum atomic E-state index is 12.6. The van der Waals surface area contributed by atoms with Gasteiger partial charge in [0.05, 0.1) is 5.56 Å². The second kappa shape index (κ2) is 7.28. The van der Waals surface area contributed by atoms with Gasteiger partial charge in [-0.25, -0.2) is 9.79 Å². The first-order valence-electron chi connectivity index (χ1n) is 6.30. The molecule has 136 valence electrons. The number of benzene rings is 1. The normalized spacial score (nSPS) is 13.5. The largest absolute Gasteiger partial charge is 0.477 e. The molecule has 0 unspecified atom stereocenters. The van der Waals surface area contributed by atoms with E-state index in [4.69, 9.17) is 5.11 Å². The summed E-state index contributed by atoms with van der Waals surface area (Å²) >= 11 is 0. The van der Waals surface area contributed by atoms with Crippen LogP contribution in [-0.2, 0) is 11.0 Å². The zero-order valence-corrected chi connectivity index (χ0v) is 12.2. The standard InChI is InChI=1S/C14H11F6N3O2/c1-7(5-10(11(24)25)23-12(21)14(18,19)20)22-9-4-2-3-8(6-9)13(15,16)17/h2-6,22H,1H2,(H2,21,23)(H,24,25)/b10-5-. The van der Waals surface area contributed by atoms with Crippen molar-refractivity contribution < 1.29 is 36.2 Å². The third-order valence-corrected chi connectivity index (χ3v) is 2.56. The molecule has 0 saturated carbocycles. The van der Waals surface area contributed by atoms with Crippen LogP contribution >= 0.6 is 0 Å².